The summed E-state index contributed by atoms with van der Waals surface area (Å²) in [5, 5.41) is 15.5. The smallest absolute Gasteiger partial charge is 0.408 e. The summed E-state index contributed by atoms with van der Waals surface area (Å²) >= 11 is 0. The normalized spacial score (nSPS) is 13.8. The molecule has 0 aliphatic rings. The first kappa shape index (κ1) is 36.3. The highest BCUT2D eigenvalue weighted by Gasteiger charge is 2.40. The summed E-state index contributed by atoms with van der Waals surface area (Å²) in [6.45, 7) is 16.7. The topological polar surface area (TPSA) is 134 Å². The molecule has 3 unspecified atom stereocenters. The lowest BCUT2D eigenvalue weighted by molar-refractivity contribution is -0.159. The molecule has 2 rings (SSSR count). The number of aryl methyl sites for hydroxylation is 2. The third kappa shape index (κ3) is 11.0. The van der Waals surface area contributed by atoms with Crippen LogP contribution in [0.2, 0.25) is 0 Å². The first-order valence-electron chi connectivity index (χ1n) is 14.9. The van der Waals surface area contributed by atoms with Crippen molar-refractivity contribution in [3.63, 3.8) is 0 Å². The number of hydrogen-bond donors (Lipinski definition) is 3. The third-order valence-corrected chi connectivity index (χ3v) is 6.53. The molecule has 2 aromatic carbocycles. The molecule has 3 atom stereocenters. The Bertz CT molecular complexity index is 1300. The number of carbonyl (C=O) groups excluding carboxylic acids is 4. The van der Waals surface area contributed by atoms with E-state index in [-0.39, 0.29) is 6.42 Å². The Hall–Kier alpha value is -3.92. The van der Waals surface area contributed by atoms with Gasteiger partial charge in [0.15, 0.2) is 0 Å². The van der Waals surface area contributed by atoms with Crippen LogP contribution in [0.15, 0.2) is 48.5 Å². The molecule has 0 saturated carbocycles. The number of rotatable bonds is 11. The van der Waals surface area contributed by atoms with Crippen molar-refractivity contribution in [1.82, 2.24) is 15.5 Å². The van der Waals surface area contributed by atoms with Crippen molar-refractivity contribution < 1.29 is 33.8 Å². The van der Waals surface area contributed by atoms with Crippen molar-refractivity contribution in [1.29, 1.82) is 0 Å². The number of nitrogens with zero attached hydrogens (tertiary/aromatic N) is 1. The van der Waals surface area contributed by atoms with Crippen LogP contribution in [0.4, 0.5) is 4.79 Å². The quantitative estimate of drug-likeness (QED) is 0.318. The fourth-order valence-corrected chi connectivity index (χ4v) is 4.63. The Morgan fingerprint density at radius 3 is 1.95 bits per heavy atom. The molecule has 0 bridgehead atoms. The van der Waals surface area contributed by atoms with Crippen molar-refractivity contribution >= 4 is 23.9 Å². The number of carbonyl (C=O) groups is 4. The lowest BCUT2D eigenvalue weighted by Gasteiger charge is -2.38. The molecule has 0 aliphatic carbocycles. The molecular weight excluding hydrogens is 562 g/mol. The number of esters is 1. The van der Waals surface area contributed by atoms with Crippen LogP contribution in [0.5, 0.6) is 0 Å². The van der Waals surface area contributed by atoms with Gasteiger partial charge >= 0.3 is 12.1 Å². The number of aliphatic hydroxyl groups excluding tert-OH is 1. The minimum Gasteiger partial charge on any atom is -0.458 e. The summed E-state index contributed by atoms with van der Waals surface area (Å²) in [6, 6.07) is 10.6. The molecule has 44 heavy (non-hydrogen) atoms. The average Bonchev–Trinajstić information content (AvgIpc) is 2.89. The van der Waals surface area contributed by atoms with E-state index < -0.39 is 65.9 Å². The van der Waals surface area contributed by atoms with Crippen LogP contribution in [0.25, 0.3) is 0 Å². The summed E-state index contributed by atoms with van der Waals surface area (Å²) in [5.74, 6) is -1.91. The van der Waals surface area contributed by atoms with Gasteiger partial charge in [0.05, 0.1) is 6.61 Å². The van der Waals surface area contributed by atoms with E-state index in [4.69, 9.17) is 9.47 Å². The number of aliphatic hydroxyl groups is 1. The second-order valence-corrected chi connectivity index (χ2v) is 13.3. The van der Waals surface area contributed by atoms with Gasteiger partial charge in [-0.05, 0) is 85.9 Å². The van der Waals surface area contributed by atoms with E-state index in [2.05, 4.69) is 10.6 Å². The molecule has 3 N–H and O–H groups in total. The summed E-state index contributed by atoms with van der Waals surface area (Å²) in [6.07, 6.45) is -0.718. The summed E-state index contributed by atoms with van der Waals surface area (Å²) in [7, 11) is 0. The Balaban J connectivity index is 2.60. The number of amides is 3. The summed E-state index contributed by atoms with van der Waals surface area (Å²) in [5.41, 5.74) is 1.32. The van der Waals surface area contributed by atoms with Crippen LogP contribution in [0, 0.1) is 13.8 Å². The number of benzene rings is 2. The minimum atomic E-state index is -1.39. The molecule has 0 aliphatic heterocycles. The predicted molar refractivity (Wildman–Crippen MR) is 169 cm³/mol. The van der Waals surface area contributed by atoms with Gasteiger partial charge in [0.25, 0.3) is 0 Å². The molecular formula is C34H49N3O7. The van der Waals surface area contributed by atoms with Gasteiger partial charge in [-0.2, -0.15) is 0 Å². The SMILES string of the molecule is Cc1ccc(C)c(C(C(=O)NC(Cc2ccccc2)C(=O)OC(C)(C)C)N(C(=O)C(CO)NC(=O)OC(C)(C)C)C(C)C)c1. The molecule has 0 fully saturated rings. The minimum absolute atomic E-state index is 0.163. The number of ether oxygens (including phenoxy) is 2. The largest absolute Gasteiger partial charge is 0.458 e. The Labute approximate surface area is 261 Å². The molecule has 0 radical (unpaired) electrons. The second kappa shape index (κ2) is 15.2. The van der Waals surface area contributed by atoms with E-state index >= 15 is 0 Å². The maximum Gasteiger partial charge on any atom is 0.408 e. The first-order chi connectivity index (χ1) is 20.3. The predicted octanol–water partition coefficient (Wildman–Crippen LogP) is 4.54. The standard InChI is InChI=1S/C34H49N3O7/c1-21(2)37(30(40)27(20-38)36-32(42)44-34(8,9)10)28(25-18-22(3)16-17-23(25)4)29(39)35-26(31(41)43-33(5,6)7)19-24-14-12-11-13-15-24/h11-18,21,26-28,38H,19-20H2,1-10H3,(H,35,39)(H,36,42). The zero-order valence-electron chi connectivity index (χ0n) is 27.7. The molecule has 3 amide bonds. The number of hydrogen-bond acceptors (Lipinski definition) is 7. The number of alkyl carbamates (subject to hydrolysis) is 1. The van der Waals surface area contributed by atoms with Crippen LogP contribution >= 0.6 is 0 Å². The van der Waals surface area contributed by atoms with Gasteiger partial charge in [0.2, 0.25) is 11.8 Å². The Kier molecular flexibility index (Phi) is 12.5. The highest BCUT2D eigenvalue weighted by molar-refractivity contribution is 5.94. The van der Waals surface area contributed by atoms with Crippen LogP contribution < -0.4 is 10.6 Å². The van der Waals surface area contributed by atoms with Gasteiger partial charge in [0, 0.05) is 12.5 Å². The van der Waals surface area contributed by atoms with Crippen LogP contribution in [-0.4, -0.2) is 69.8 Å². The second-order valence-electron chi connectivity index (χ2n) is 13.3. The van der Waals surface area contributed by atoms with E-state index in [1.807, 2.05) is 62.4 Å². The zero-order chi connectivity index (χ0) is 33.4. The van der Waals surface area contributed by atoms with Gasteiger partial charge in [0.1, 0.15) is 29.3 Å². The molecule has 242 valence electrons. The highest BCUT2D eigenvalue weighted by atomic mass is 16.6. The fourth-order valence-electron chi connectivity index (χ4n) is 4.63. The van der Waals surface area contributed by atoms with E-state index in [1.54, 1.807) is 55.4 Å². The van der Waals surface area contributed by atoms with Crippen LogP contribution in [0.1, 0.15) is 83.7 Å². The molecule has 10 nitrogen and oxygen atoms in total. The Morgan fingerprint density at radius 2 is 1.43 bits per heavy atom. The van der Waals surface area contributed by atoms with Crippen molar-refractivity contribution in [3.05, 3.63) is 70.8 Å². The van der Waals surface area contributed by atoms with E-state index in [0.717, 1.165) is 16.7 Å². The lowest BCUT2D eigenvalue weighted by Crippen LogP contribution is -2.57. The van der Waals surface area contributed by atoms with Crippen LogP contribution in [0.3, 0.4) is 0 Å². The molecule has 0 aromatic heterocycles. The van der Waals surface area contributed by atoms with Crippen molar-refractivity contribution in [2.45, 2.75) is 111 Å². The van der Waals surface area contributed by atoms with Gasteiger partial charge in [-0.3, -0.25) is 9.59 Å². The molecule has 0 saturated heterocycles. The Morgan fingerprint density at radius 1 is 0.841 bits per heavy atom. The van der Waals surface area contributed by atoms with Crippen molar-refractivity contribution in [2.24, 2.45) is 0 Å². The van der Waals surface area contributed by atoms with Gasteiger partial charge < -0.3 is 30.1 Å². The van der Waals surface area contributed by atoms with E-state index in [0.29, 0.717) is 5.56 Å². The van der Waals surface area contributed by atoms with Gasteiger partial charge in [-0.25, -0.2) is 9.59 Å². The van der Waals surface area contributed by atoms with Gasteiger partial charge in [-0.15, -0.1) is 0 Å². The highest BCUT2D eigenvalue weighted by Crippen LogP contribution is 2.29. The maximum absolute atomic E-state index is 14.4. The number of nitrogens with one attached hydrogen (secondary N) is 2. The van der Waals surface area contributed by atoms with Gasteiger partial charge in [-0.1, -0.05) is 54.1 Å². The maximum atomic E-state index is 14.4. The lowest BCUT2D eigenvalue weighted by atomic mass is 9.94. The average molecular weight is 612 g/mol. The molecule has 2 aromatic rings. The van der Waals surface area contributed by atoms with Crippen LogP contribution in [-0.2, 0) is 30.3 Å². The molecule has 0 heterocycles. The summed E-state index contributed by atoms with van der Waals surface area (Å²) < 4.78 is 11.0. The monoisotopic (exact) mass is 611 g/mol. The third-order valence-electron chi connectivity index (χ3n) is 6.53. The van der Waals surface area contributed by atoms with E-state index in [1.165, 1.54) is 4.90 Å². The zero-order valence-corrected chi connectivity index (χ0v) is 27.7. The van der Waals surface area contributed by atoms with Crippen molar-refractivity contribution in [3.8, 4) is 0 Å². The molecule has 10 heteroatoms. The van der Waals surface area contributed by atoms with Crippen molar-refractivity contribution in [2.75, 3.05) is 6.61 Å². The first-order valence-corrected chi connectivity index (χ1v) is 14.9. The van der Waals surface area contributed by atoms with E-state index in [9.17, 15) is 24.3 Å². The molecule has 0 spiro atoms. The summed E-state index contributed by atoms with van der Waals surface area (Å²) in [4.78, 5) is 55.7. The fraction of sp³-hybridized carbons (Fsp3) is 0.529.